The molecule has 1 unspecified atom stereocenters. The normalized spacial score (nSPS) is 17.0. The number of aliphatic imine (C=N–C) groups is 1. The molecule has 0 spiro atoms. The van der Waals surface area contributed by atoms with Crippen LogP contribution in [0.4, 0.5) is 4.39 Å². The third-order valence-corrected chi connectivity index (χ3v) is 3.75. The van der Waals surface area contributed by atoms with Crippen LogP contribution in [-0.2, 0) is 4.74 Å². The van der Waals surface area contributed by atoms with Crippen LogP contribution in [0.1, 0.15) is 18.5 Å². The molecule has 3 N–H and O–H groups in total. The van der Waals surface area contributed by atoms with E-state index in [1.54, 1.807) is 0 Å². The van der Waals surface area contributed by atoms with Crippen molar-refractivity contribution in [1.82, 2.24) is 10.2 Å². The van der Waals surface area contributed by atoms with Crippen molar-refractivity contribution in [3.63, 3.8) is 0 Å². The van der Waals surface area contributed by atoms with Gasteiger partial charge in [0.05, 0.1) is 25.8 Å². The minimum Gasteiger partial charge on any atom is -0.379 e. The van der Waals surface area contributed by atoms with Crippen molar-refractivity contribution in [3.8, 4) is 0 Å². The summed E-state index contributed by atoms with van der Waals surface area (Å²) >= 11 is 0. The lowest BCUT2D eigenvalue weighted by atomic mass is 10.0. The van der Waals surface area contributed by atoms with Crippen LogP contribution in [-0.4, -0.2) is 50.3 Å². The molecule has 0 aliphatic carbocycles. The van der Waals surface area contributed by atoms with Crippen LogP contribution >= 0.6 is 24.0 Å². The standard InChI is InChI=1S/C17H25FN4O.HI/c1-13(2)11-20-17(19)21-12-16(22-7-9-23-10-8-22)14-3-5-15(18)6-4-14;/h3-6,16H,1,7-12H2,2H3,(H3,19,20,21);1H. The zero-order valence-corrected chi connectivity index (χ0v) is 16.3. The van der Waals surface area contributed by atoms with Crippen LogP contribution in [0.5, 0.6) is 0 Å². The van der Waals surface area contributed by atoms with Gasteiger partial charge >= 0.3 is 0 Å². The van der Waals surface area contributed by atoms with E-state index in [0.29, 0.717) is 32.3 Å². The first kappa shape index (κ1) is 20.9. The van der Waals surface area contributed by atoms with Gasteiger partial charge in [0.1, 0.15) is 5.82 Å². The maximum atomic E-state index is 13.2. The number of ether oxygens (including phenoxy) is 1. The monoisotopic (exact) mass is 448 g/mol. The summed E-state index contributed by atoms with van der Waals surface area (Å²) in [6, 6.07) is 6.64. The fourth-order valence-corrected chi connectivity index (χ4v) is 2.49. The van der Waals surface area contributed by atoms with Crippen LogP contribution in [0.25, 0.3) is 0 Å². The van der Waals surface area contributed by atoms with E-state index in [0.717, 1.165) is 24.2 Å². The smallest absolute Gasteiger partial charge is 0.188 e. The Morgan fingerprint density at radius 2 is 2.00 bits per heavy atom. The second-order valence-electron chi connectivity index (χ2n) is 5.75. The number of nitrogens with zero attached hydrogens (tertiary/aromatic N) is 2. The SMILES string of the molecule is C=C(C)CNC(N)=NCC(c1ccc(F)cc1)N1CCOCC1.I. The molecule has 1 saturated heterocycles. The van der Waals surface area contributed by atoms with E-state index >= 15 is 0 Å². The second-order valence-corrected chi connectivity index (χ2v) is 5.75. The molecule has 1 aliphatic rings. The Labute approximate surface area is 160 Å². The number of guanidine groups is 1. The molecule has 1 heterocycles. The second kappa shape index (κ2) is 10.6. The Morgan fingerprint density at radius 1 is 1.38 bits per heavy atom. The number of nitrogens with two attached hydrogens (primary N) is 1. The molecule has 1 aliphatic heterocycles. The summed E-state index contributed by atoms with van der Waals surface area (Å²) in [6.45, 7) is 9.93. The average Bonchev–Trinajstić information content (AvgIpc) is 2.55. The molecule has 5 nitrogen and oxygen atoms in total. The van der Waals surface area contributed by atoms with Crippen LogP contribution in [0.15, 0.2) is 41.4 Å². The third kappa shape index (κ3) is 6.74. The predicted molar refractivity (Wildman–Crippen MR) is 106 cm³/mol. The molecule has 0 amide bonds. The van der Waals surface area contributed by atoms with Gasteiger partial charge in [0.2, 0.25) is 0 Å². The molecule has 0 saturated carbocycles. The summed E-state index contributed by atoms with van der Waals surface area (Å²) in [5, 5.41) is 3.03. The van der Waals surface area contributed by atoms with Gasteiger partial charge in [-0.15, -0.1) is 24.0 Å². The van der Waals surface area contributed by atoms with Crippen molar-refractivity contribution < 1.29 is 9.13 Å². The van der Waals surface area contributed by atoms with Gasteiger partial charge in [0, 0.05) is 19.6 Å². The number of hydrogen-bond acceptors (Lipinski definition) is 3. The third-order valence-electron chi connectivity index (χ3n) is 3.75. The molecule has 1 aromatic rings. The summed E-state index contributed by atoms with van der Waals surface area (Å²) < 4.78 is 18.6. The van der Waals surface area contributed by atoms with Gasteiger partial charge in [-0.2, -0.15) is 0 Å². The molecule has 1 aromatic carbocycles. The summed E-state index contributed by atoms with van der Waals surface area (Å²) in [5.41, 5.74) is 7.92. The van der Waals surface area contributed by atoms with E-state index in [-0.39, 0.29) is 35.8 Å². The van der Waals surface area contributed by atoms with E-state index < -0.39 is 0 Å². The molecule has 1 atom stereocenters. The van der Waals surface area contributed by atoms with E-state index in [4.69, 9.17) is 10.5 Å². The number of nitrogens with one attached hydrogen (secondary N) is 1. The van der Waals surface area contributed by atoms with Crippen molar-refractivity contribution in [2.75, 3.05) is 39.4 Å². The fourth-order valence-electron chi connectivity index (χ4n) is 2.49. The first-order chi connectivity index (χ1) is 11.1. The number of hydrogen-bond donors (Lipinski definition) is 2. The zero-order chi connectivity index (χ0) is 16.7. The van der Waals surface area contributed by atoms with Crippen molar-refractivity contribution in [2.45, 2.75) is 13.0 Å². The predicted octanol–water partition coefficient (Wildman–Crippen LogP) is 2.30. The zero-order valence-electron chi connectivity index (χ0n) is 14.0. The average molecular weight is 448 g/mol. The van der Waals surface area contributed by atoms with Crippen LogP contribution in [0.3, 0.4) is 0 Å². The molecule has 0 radical (unpaired) electrons. The molecule has 0 aromatic heterocycles. The van der Waals surface area contributed by atoms with Gasteiger partial charge in [-0.05, 0) is 24.6 Å². The van der Waals surface area contributed by atoms with Crippen molar-refractivity contribution in [3.05, 3.63) is 47.8 Å². The highest BCUT2D eigenvalue weighted by Crippen LogP contribution is 2.22. The molecular formula is C17H26FIN4O. The van der Waals surface area contributed by atoms with Gasteiger partial charge in [-0.25, -0.2) is 4.39 Å². The lowest BCUT2D eigenvalue weighted by Gasteiger charge is -2.34. The first-order valence-electron chi connectivity index (χ1n) is 7.81. The minimum atomic E-state index is -0.236. The largest absolute Gasteiger partial charge is 0.379 e. The Kier molecular flexibility index (Phi) is 9.24. The minimum absolute atomic E-state index is 0. The topological polar surface area (TPSA) is 62.9 Å². The number of morpholine rings is 1. The van der Waals surface area contributed by atoms with Crippen molar-refractivity contribution in [2.24, 2.45) is 10.7 Å². The van der Waals surface area contributed by atoms with Crippen molar-refractivity contribution in [1.29, 1.82) is 0 Å². The number of rotatable bonds is 6. The molecule has 1 fully saturated rings. The van der Waals surface area contributed by atoms with Crippen molar-refractivity contribution >= 4 is 29.9 Å². The maximum Gasteiger partial charge on any atom is 0.188 e. The van der Waals surface area contributed by atoms with E-state index in [9.17, 15) is 4.39 Å². The van der Waals surface area contributed by atoms with E-state index in [2.05, 4.69) is 21.8 Å². The van der Waals surface area contributed by atoms with Crippen LogP contribution in [0.2, 0.25) is 0 Å². The molecule has 0 bridgehead atoms. The number of halogens is 2. The fraction of sp³-hybridized carbons (Fsp3) is 0.471. The summed E-state index contributed by atoms with van der Waals surface area (Å²) in [7, 11) is 0. The first-order valence-corrected chi connectivity index (χ1v) is 7.81. The lowest BCUT2D eigenvalue weighted by Crippen LogP contribution is -2.41. The van der Waals surface area contributed by atoms with Gasteiger partial charge in [0.15, 0.2) is 5.96 Å². The Bertz CT molecular complexity index is 544. The van der Waals surface area contributed by atoms with Crippen LogP contribution in [0, 0.1) is 5.82 Å². The summed E-state index contributed by atoms with van der Waals surface area (Å²) in [6.07, 6.45) is 0. The highest BCUT2D eigenvalue weighted by Gasteiger charge is 2.22. The summed E-state index contributed by atoms with van der Waals surface area (Å²) in [4.78, 5) is 6.73. The molecule has 7 heteroatoms. The maximum absolute atomic E-state index is 13.2. The van der Waals surface area contributed by atoms with E-state index in [1.165, 1.54) is 12.1 Å². The van der Waals surface area contributed by atoms with Gasteiger partial charge in [0.25, 0.3) is 0 Å². The Morgan fingerprint density at radius 3 is 2.58 bits per heavy atom. The van der Waals surface area contributed by atoms with Gasteiger partial charge in [-0.3, -0.25) is 9.89 Å². The van der Waals surface area contributed by atoms with Gasteiger partial charge in [-0.1, -0.05) is 24.3 Å². The Hall–Kier alpha value is -1.19. The highest BCUT2D eigenvalue weighted by atomic mass is 127. The summed E-state index contributed by atoms with van der Waals surface area (Å²) in [5.74, 6) is 0.161. The lowest BCUT2D eigenvalue weighted by molar-refractivity contribution is 0.0179. The highest BCUT2D eigenvalue weighted by molar-refractivity contribution is 14.0. The molecule has 24 heavy (non-hydrogen) atoms. The Balaban J connectivity index is 0.00000288. The van der Waals surface area contributed by atoms with Crippen LogP contribution < -0.4 is 11.1 Å². The van der Waals surface area contributed by atoms with Gasteiger partial charge < -0.3 is 15.8 Å². The molecule has 134 valence electrons. The quantitative estimate of drug-likeness (QED) is 0.304. The van der Waals surface area contributed by atoms with E-state index in [1.807, 2.05) is 19.1 Å². The molecule has 2 rings (SSSR count). The number of benzene rings is 1. The molecular weight excluding hydrogens is 422 g/mol.